The SMILES string of the molecule is CNc1nc(C)nc(OCC(F)F)c1C. The number of ether oxygens (including phenoxy) is 1. The van der Waals surface area contributed by atoms with Crippen molar-refractivity contribution in [2.75, 3.05) is 19.0 Å². The summed E-state index contributed by atoms with van der Waals surface area (Å²) in [6.07, 6.45) is -2.50. The van der Waals surface area contributed by atoms with Crippen molar-refractivity contribution in [1.29, 1.82) is 0 Å². The molecule has 0 radical (unpaired) electrons. The molecule has 84 valence electrons. The van der Waals surface area contributed by atoms with Crippen LogP contribution in [0.25, 0.3) is 0 Å². The molecule has 0 fully saturated rings. The van der Waals surface area contributed by atoms with Gasteiger partial charge < -0.3 is 10.1 Å². The Bertz CT molecular complexity index is 344. The van der Waals surface area contributed by atoms with Crippen LogP contribution in [0.15, 0.2) is 0 Å². The second-order valence-corrected chi connectivity index (χ2v) is 3.00. The van der Waals surface area contributed by atoms with Gasteiger partial charge in [-0.05, 0) is 13.8 Å². The van der Waals surface area contributed by atoms with Crippen LogP contribution in [0.1, 0.15) is 11.4 Å². The molecule has 0 aliphatic heterocycles. The maximum absolute atomic E-state index is 12.0. The van der Waals surface area contributed by atoms with E-state index in [2.05, 4.69) is 15.3 Å². The number of halogens is 2. The van der Waals surface area contributed by atoms with Crippen molar-refractivity contribution in [3.05, 3.63) is 11.4 Å². The van der Waals surface area contributed by atoms with E-state index in [9.17, 15) is 8.78 Å². The minimum atomic E-state index is -2.50. The average molecular weight is 217 g/mol. The van der Waals surface area contributed by atoms with Gasteiger partial charge >= 0.3 is 0 Å². The number of aromatic nitrogens is 2. The standard InChI is InChI=1S/C9H13F2N3O/c1-5-8(12-3)13-6(2)14-9(5)15-4-7(10)11/h7H,4H2,1-3H3,(H,12,13,14). The summed E-state index contributed by atoms with van der Waals surface area (Å²) >= 11 is 0. The van der Waals surface area contributed by atoms with E-state index in [1.54, 1.807) is 20.9 Å². The number of hydrogen-bond acceptors (Lipinski definition) is 4. The van der Waals surface area contributed by atoms with E-state index >= 15 is 0 Å². The smallest absolute Gasteiger partial charge is 0.272 e. The van der Waals surface area contributed by atoms with Gasteiger partial charge in [-0.3, -0.25) is 0 Å². The number of nitrogens with zero attached hydrogens (tertiary/aromatic N) is 2. The van der Waals surface area contributed by atoms with Gasteiger partial charge in [0.25, 0.3) is 6.43 Å². The van der Waals surface area contributed by atoms with Gasteiger partial charge in [0.05, 0.1) is 5.56 Å². The Morgan fingerprint density at radius 1 is 1.33 bits per heavy atom. The zero-order chi connectivity index (χ0) is 11.4. The summed E-state index contributed by atoms with van der Waals surface area (Å²) in [5, 5.41) is 2.85. The normalized spacial score (nSPS) is 10.5. The van der Waals surface area contributed by atoms with Gasteiger partial charge in [0, 0.05) is 7.05 Å². The minimum absolute atomic E-state index is 0.201. The molecule has 1 N–H and O–H groups in total. The molecule has 0 aliphatic rings. The largest absolute Gasteiger partial charge is 0.471 e. The molecule has 6 heteroatoms. The quantitative estimate of drug-likeness (QED) is 0.835. The predicted molar refractivity (Wildman–Crippen MR) is 52.6 cm³/mol. The van der Waals surface area contributed by atoms with Crippen LogP contribution >= 0.6 is 0 Å². The van der Waals surface area contributed by atoms with Crippen molar-refractivity contribution >= 4 is 5.82 Å². The van der Waals surface area contributed by atoms with Crippen molar-refractivity contribution in [2.24, 2.45) is 0 Å². The summed E-state index contributed by atoms with van der Waals surface area (Å²) in [4.78, 5) is 8.04. The molecule has 0 unspecified atom stereocenters. The summed E-state index contributed by atoms with van der Waals surface area (Å²) in [7, 11) is 1.70. The fraction of sp³-hybridized carbons (Fsp3) is 0.556. The molecule has 1 heterocycles. The maximum Gasteiger partial charge on any atom is 0.272 e. The van der Waals surface area contributed by atoms with Gasteiger partial charge in [-0.15, -0.1) is 0 Å². The van der Waals surface area contributed by atoms with E-state index in [4.69, 9.17) is 4.74 Å². The molecule has 0 aromatic carbocycles. The lowest BCUT2D eigenvalue weighted by molar-refractivity contribution is 0.0791. The maximum atomic E-state index is 12.0. The minimum Gasteiger partial charge on any atom is -0.471 e. The topological polar surface area (TPSA) is 47.0 Å². The molecule has 0 spiro atoms. The van der Waals surface area contributed by atoms with Crippen LogP contribution in [0.3, 0.4) is 0 Å². The highest BCUT2D eigenvalue weighted by Crippen LogP contribution is 2.21. The van der Waals surface area contributed by atoms with Crippen LogP contribution in [0.2, 0.25) is 0 Å². The number of aryl methyl sites for hydroxylation is 1. The molecule has 0 saturated carbocycles. The second kappa shape index (κ2) is 4.86. The first-order chi connectivity index (χ1) is 7.04. The van der Waals surface area contributed by atoms with Crippen LogP contribution in [0, 0.1) is 13.8 Å². The molecule has 0 aliphatic carbocycles. The van der Waals surface area contributed by atoms with E-state index in [0.29, 0.717) is 17.2 Å². The molecular weight excluding hydrogens is 204 g/mol. The van der Waals surface area contributed by atoms with E-state index in [1.807, 2.05) is 0 Å². The van der Waals surface area contributed by atoms with Crippen LogP contribution in [-0.2, 0) is 0 Å². The highest BCUT2D eigenvalue weighted by atomic mass is 19.3. The highest BCUT2D eigenvalue weighted by Gasteiger charge is 2.11. The average Bonchev–Trinajstić information content (AvgIpc) is 2.18. The number of anilines is 1. The summed E-state index contributed by atoms with van der Waals surface area (Å²) in [6.45, 7) is 2.74. The zero-order valence-corrected chi connectivity index (χ0v) is 8.84. The van der Waals surface area contributed by atoms with Crippen molar-refractivity contribution < 1.29 is 13.5 Å². The molecule has 4 nitrogen and oxygen atoms in total. The zero-order valence-electron chi connectivity index (χ0n) is 8.84. The van der Waals surface area contributed by atoms with Crippen molar-refractivity contribution in [1.82, 2.24) is 9.97 Å². The third-order valence-electron chi connectivity index (χ3n) is 1.80. The van der Waals surface area contributed by atoms with Crippen molar-refractivity contribution in [3.8, 4) is 5.88 Å². The fourth-order valence-electron chi connectivity index (χ4n) is 1.13. The Morgan fingerprint density at radius 3 is 2.53 bits per heavy atom. The lowest BCUT2D eigenvalue weighted by Gasteiger charge is -2.11. The van der Waals surface area contributed by atoms with E-state index in [0.717, 1.165) is 0 Å². The van der Waals surface area contributed by atoms with Gasteiger partial charge in [-0.25, -0.2) is 13.8 Å². The first-order valence-corrected chi connectivity index (χ1v) is 4.48. The molecular formula is C9H13F2N3O. The highest BCUT2D eigenvalue weighted by molar-refractivity contribution is 5.47. The number of nitrogens with one attached hydrogen (secondary N) is 1. The Morgan fingerprint density at radius 2 is 2.00 bits per heavy atom. The summed E-state index contributed by atoms with van der Waals surface area (Å²) < 4.78 is 28.8. The van der Waals surface area contributed by atoms with Gasteiger partial charge in [0.15, 0.2) is 6.61 Å². The third-order valence-corrected chi connectivity index (χ3v) is 1.80. The fourth-order valence-corrected chi connectivity index (χ4v) is 1.13. The number of hydrogen-bond donors (Lipinski definition) is 1. The lowest BCUT2D eigenvalue weighted by Crippen LogP contribution is -2.11. The Balaban J connectivity index is 2.91. The van der Waals surface area contributed by atoms with Crippen LogP contribution in [0.5, 0.6) is 5.88 Å². The summed E-state index contributed by atoms with van der Waals surface area (Å²) in [5.74, 6) is 1.27. The number of rotatable bonds is 4. The molecule has 0 bridgehead atoms. The van der Waals surface area contributed by atoms with E-state index in [-0.39, 0.29) is 5.88 Å². The van der Waals surface area contributed by atoms with Crippen LogP contribution in [-0.4, -0.2) is 30.0 Å². The Kier molecular flexibility index (Phi) is 3.76. The molecule has 0 amide bonds. The van der Waals surface area contributed by atoms with Crippen molar-refractivity contribution in [2.45, 2.75) is 20.3 Å². The molecule has 15 heavy (non-hydrogen) atoms. The second-order valence-electron chi connectivity index (χ2n) is 3.00. The van der Waals surface area contributed by atoms with Crippen LogP contribution < -0.4 is 10.1 Å². The Labute approximate surface area is 86.7 Å². The molecule has 1 rings (SSSR count). The van der Waals surface area contributed by atoms with Gasteiger partial charge in [0.2, 0.25) is 5.88 Å². The van der Waals surface area contributed by atoms with Gasteiger partial charge in [-0.2, -0.15) is 4.98 Å². The first kappa shape index (κ1) is 11.6. The lowest BCUT2D eigenvalue weighted by atomic mass is 10.3. The third kappa shape index (κ3) is 3.00. The number of alkyl halides is 2. The molecule has 0 saturated heterocycles. The molecule has 0 atom stereocenters. The van der Waals surface area contributed by atoms with E-state index in [1.165, 1.54) is 0 Å². The van der Waals surface area contributed by atoms with Gasteiger partial charge in [0.1, 0.15) is 11.6 Å². The van der Waals surface area contributed by atoms with E-state index < -0.39 is 13.0 Å². The first-order valence-electron chi connectivity index (χ1n) is 4.48. The van der Waals surface area contributed by atoms with Crippen LogP contribution in [0.4, 0.5) is 14.6 Å². The monoisotopic (exact) mass is 217 g/mol. The predicted octanol–water partition coefficient (Wildman–Crippen LogP) is 1.78. The molecule has 1 aromatic heterocycles. The Hall–Kier alpha value is -1.46. The molecule has 1 aromatic rings. The van der Waals surface area contributed by atoms with Gasteiger partial charge in [-0.1, -0.05) is 0 Å². The summed E-state index contributed by atoms with van der Waals surface area (Å²) in [6, 6.07) is 0. The summed E-state index contributed by atoms with van der Waals surface area (Å²) in [5.41, 5.74) is 0.628. The van der Waals surface area contributed by atoms with Crippen molar-refractivity contribution in [3.63, 3.8) is 0 Å².